The van der Waals surface area contributed by atoms with Crippen LogP contribution < -0.4 is 0 Å². The van der Waals surface area contributed by atoms with Crippen molar-refractivity contribution in [2.24, 2.45) is 5.41 Å². The number of hydrogen-bond acceptors (Lipinski definition) is 5. The summed E-state index contributed by atoms with van der Waals surface area (Å²) in [5.41, 5.74) is -0.969. The second-order valence-corrected chi connectivity index (χ2v) is 8.28. The summed E-state index contributed by atoms with van der Waals surface area (Å²) in [5.74, 6) is -0.245. The summed E-state index contributed by atoms with van der Waals surface area (Å²) in [6.45, 7) is 1.39. The van der Waals surface area contributed by atoms with Gasteiger partial charge in [0.2, 0.25) is 0 Å². The average molecular weight is 415 g/mol. The van der Waals surface area contributed by atoms with E-state index >= 15 is 0 Å². The molecular formula is C24H46O5. The zero-order valence-corrected chi connectivity index (χ0v) is 18.7. The Balaban J connectivity index is 3.43. The highest BCUT2D eigenvalue weighted by atomic mass is 16.5. The predicted molar refractivity (Wildman–Crippen MR) is 119 cm³/mol. The number of carbonyl (C=O) groups is 1. The van der Waals surface area contributed by atoms with Crippen molar-refractivity contribution < 1.29 is 24.9 Å². The maximum absolute atomic E-state index is 11.7. The van der Waals surface area contributed by atoms with Gasteiger partial charge in [-0.15, -0.1) is 0 Å². The maximum Gasteiger partial charge on any atom is 0.305 e. The Morgan fingerprint density at radius 2 is 1.24 bits per heavy atom. The van der Waals surface area contributed by atoms with Crippen LogP contribution in [0.5, 0.6) is 0 Å². The molecule has 0 atom stereocenters. The third kappa shape index (κ3) is 16.6. The fourth-order valence-corrected chi connectivity index (χ4v) is 3.18. The fourth-order valence-electron chi connectivity index (χ4n) is 3.18. The molecule has 0 amide bonds. The summed E-state index contributed by atoms with van der Waals surface area (Å²) in [6.07, 6.45) is 21.2. The molecule has 0 unspecified atom stereocenters. The quantitative estimate of drug-likeness (QED) is 0.141. The van der Waals surface area contributed by atoms with Crippen LogP contribution in [-0.4, -0.2) is 47.7 Å². The van der Waals surface area contributed by atoms with Gasteiger partial charge in [0, 0.05) is 11.8 Å². The molecule has 0 aliphatic rings. The lowest BCUT2D eigenvalue weighted by atomic mass is 9.88. The molecule has 0 aliphatic heterocycles. The molecule has 0 saturated heterocycles. The monoisotopic (exact) mass is 414 g/mol. The molecule has 0 saturated carbocycles. The lowest BCUT2D eigenvalue weighted by molar-refractivity contribution is -0.145. The van der Waals surface area contributed by atoms with Gasteiger partial charge in [-0.2, -0.15) is 0 Å². The van der Waals surface area contributed by atoms with E-state index in [0.717, 1.165) is 25.7 Å². The largest absolute Gasteiger partial charge is 0.466 e. The number of esters is 1. The van der Waals surface area contributed by atoms with Crippen LogP contribution in [0.25, 0.3) is 0 Å². The van der Waals surface area contributed by atoms with E-state index in [9.17, 15) is 20.1 Å². The molecule has 5 heteroatoms. The molecular weight excluding hydrogens is 368 g/mol. The number of ether oxygens (including phenoxy) is 1. The van der Waals surface area contributed by atoms with E-state index in [1.54, 1.807) is 0 Å². The summed E-state index contributed by atoms with van der Waals surface area (Å²) in [7, 11) is 0. The molecule has 0 fully saturated rings. The van der Waals surface area contributed by atoms with Gasteiger partial charge in [0.1, 0.15) is 0 Å². The third-order valence-corrected chi connectivity index (χ3v) is 5.54. The second-order valence-electron chi connectivity index (χ2n) is 8.28. The van der Waals surface area contributed by atoms with Crippen molar-refractivity contribution in [3.8, 4) is 0 Å². The SMILES string of the molecule is CCCCCCCCC=CCCCCCCCC(=O)OCCC(CO)(CO)CO. The number of allylic oxidation sites excluding steroid dienone is 2. The molecule has 29 heavy (non-hydrogen) atoms. The summed E-state index contributed by atoms with van der Waals surface area (Å²) >= 11 is 0. The standard InChI is InChI=1S/C24H46O5/c1-2-3-4-5-6-7-8-9-10-11-12-13-14-15-16-17-23(28)29-19-18-24(20-25,21-26)22-27/h9-10,25-27H,2-8,11-22H2,1H3. The molecule has 172 valence electrons. The van der Waals surface area contributed by atoms with Crippen molar-refractivity contribution in [3.05, 3.63) is 12.2 Å². The van der Waals surface area contributed by atoms with Crippen LogP contribution in [0.3, 0.4) is 0 Å². The molecule has 0 aromatic carbocycles. The van der Waals surface area contributed by atoms with Crippen LogP contribution in [-0.2, 0) is 9.53 Å². The van der Waals surface area contributed by atoms with E-state index in [2.05, 4.69) is 19.1 Å². The van der Waals surface area contributed by atoms with E-state index in [4.69, 9.17) is 4.74 Å². The summed E-state index contributed by atoms with van der Waals surface area (Å²) in [5, 5.41) is 27.7. The Bertz CT molecular complexity index is 382. The molecule has 0 aromatic heterocycles. The first-order valence-electron chi connectivity index (χ1n) is 11.8. The third-order valence-electron chi connectivity index (χ3n) is 5.54. The molecule has 3 N–H and O–H groups in total. The van der Waals surface area contributed by atoms with E-state index in [1.807, 2.05) is 0 Å². The Morgan fingerprint density at radius 1 is 0.759 bits per heavy atom. The smallest absolute Gasteiger partial charge is 0.305 e. The van der Waals surface area contributed by atoms with Gasteiger partial charge in [0.15, 0.2) is 0 Å². The van der Waals surface area contributed by atoms with Gasteiger partial charge >= 0.3 is 5.97 Å². The molecule has 0 radical (unpaired) electrons. The van der Waals surface area contributed by atoms with Gasteiger partial charge in [0.05, 0.1) is 26.4 Å². The minimum Gasteiger partial charge on any atom is -0.466 e. The number of hydrogen-bond donors (Lipinski definition) is 3. The average Bonchev–Trinajstić information content (AvgIpc) is 2.74. The van der Waals surface area contributed by atoms with Crippen LogP contribution >= 0.6 is 0 Å². The lowest BCUT2D eigenvalue weighted by Crippen LogP contribution is -2.35. The zero-order chi connectivity index (χ0) is 21.6. The molecule has 0 spiro atoms. The minimum atomic E-state index is -0.969. The van der Waals surface area contributed by atoms with Crippen LogP contribution in [0.1, 0.15) is 103 Å². The number of aliphatic hydroxyl groups is 3. The van der Waals surface area contributed by atoms with Gasteiger partial charge < -0.3 is 20.1 Å². The molecule has 0 bridgehead atoms. The van der Waals surface area contributed by atoms with Crippen molar-refractivity contribution in [3.63, 3.8) is 0 Å². The van der Waals surface area contributed by atoms with Crippen LogP contribution in [0, 0.1) is 5.41 Å². The fraction of sp³-hybridized carbons (Fsp3) is 0.875. The van der Waals surface area contributed by atoms with E-state index in [1.165, 1.54) is 57.8 Å². The van der Waals surface area contributed by atoms with Crippen molar-refractivity contribution in [1.82, 2.24) is 0 Å². The minimum absolute atomic E-state index is 0.117. The maximum atomic E-state index is 11.7. The van der Waals surface area contributed by atoms with Crippen LogP contribution in [0.4, 0.5) is 0 Å². The first-order chi connectivity index (χ1) is 14.1. The Labute approximate surface area is 178 Å². The molecule has 0 aliphatic carbocycles. The highest BCUT2D eigenvalue weighted by Gasteiger charge is 2.28. The van der Waals surface area contributed by atoms with E-state index < -0.39 is 5.41 Å². The first kappa shape index (κ1) is 28.1. The normalized spacial score (nSPS) is 12.0. The predicted octanol–water partition coefficient (Wildman–Crippen LogP) is 4.92. The van der Waals surface area contributed by atoms with Crippen molar-refractivity contribution >= 4 is 5.97 Å². The lowest BCUT2D eigenvalue weighted by Gasteiger charge is -2.26. The molecule has 0 aromatic rings. The number of rotatable bonds is 21. The van der Waals surface area contributed by atoms with E-state index in [0.29, 0.717) is 6.42 Å². The summed E-state index contributed by atoms with van der Waals surface area (Å²) in [6, 6.07) is 0. The first-order valence-corrected chi connectivity index (χ1v) is 11.8. The van der Waals surface area contributed by atoms with Gasteiger partial charge in [0.25, 0.3) is 0 Å². The number of carbonyl (C=O) groups excluding carboxylic acids is 1. The number of unbranched alkanes of at least 4 members (excludes halogenated alkanes) is 11. The summed E-state index contributed by atoms with van der Waals surface area (Å²) in [4.78, 5) is 11.7. The highest BCUT2D eigenvalue weighted by molar-refractivity contribution is 5.69. The van der Waals surface area contributed by atoms with Crippen molar-refractivity contribution in [1.29, 1.82) is 0 Å². The molecule has 0 heterocycles. The second kappa shape index (κ2) is 20.4. The van der Waals surface area contributed by atoms with Gasteiger partial charge in [-0.1, -0.05) is 70.4 Å². The highest BCUT2D eigenvalue weighted by Crippen LogP contribution is 2.20. The zero-order valence-electron chi connectivity index (χ0n) is 18.7. The van der Waals surface area contributed by atoms with Crippen LogP contribution in [0.15, 0.2) is 12.2 Å². The van der Waals surface area contributed by atoms with Gasteiger partial charge in [-0.3, -0.25) is 4.79 Å². The molecule has 0 rings (SSSR count). The summed E-state index contributed by atoms with van der Waals surface area (Å²) < 4.78 is 5.14. The Morgan fingerprint density at radius 3 is 1.76 bits per heavy atom. The Hall–Kier alpha value is -0.910. The van der Waals surface area contributed by atoms with Crippen molar-refractivity contribution in [2.75, 3.05) is 26.4 Å². The molecule has 5 nitrogen and oxygen atoms in total. The van der Waals surface area contributed by atoms with Gasteiger partial charge in [-0.25, -0.2) is 0 Å². The number of aliphatic hydroxyl groups excluding tert-OH is 3. The van der Waals surface area contributed by atoms with Gasteiger partial charge in [-0.05, 0) is 38.5 Å². The van der Waals surface area contributed by atoms with Crippen molar-refractivity contribution in [2.45, 2.75) is 103 Å². The topological polar surface area (TPSA) is 87.0 Å². The Kier molecular flexibility index (Phi) is 19.7. The van der Waals surface area contributed by atoms with Crippen LogP contribution in [0.2, 0.25) is 0 Å². The van der Waals surface area contributed by atoms with E-state index in [-0.39, 0.29) is 38.8 Å².